The first kappa shape index (κ1) is 26.0. The Labute approximate surface area is 202 Å². The van der Waals surface area contributed by atoms with Crippen molar-refractivity contribution in [1.29, 1.82) is 0 Å². The number of carbonyl (C=O) groups is 1. The molecule has 0 radical (unpaired) electrons. The van der Waals surface area contributed by atoms with Gasteiger partial charge in [0.15, 0.2) is 0 Å². The number of amides is 1. The maximum absolute atomic E-state index is 13.2. The fourth-order valence-corrected chi connectivity index (χ4v) is 5.68. The molecule has 0 aromatic heterocycles. The van der Waals surface area contributed by atoms with E-state index < -0.39 is 51.0 Å². The van der Waals surface area contributed by atoms with E-state index in [-0.39, 0.29) is 30.5 Å². The highest BCUT2D eigenvalue weighted by atomic mass is 32.2. The molecule has 1 saturated heterocycles. The third-order valence-electron chi connectivity index (χ3n) is 5.97. The highest BCUT2D eigenvalue weighted by Crippen LogP contribution is 2.38. The molecule has 1 aliphatic heterocycles. The van der Waals surface area contributed by atoms with Crippen LogP contribution >= 0.6 is 0 Å². The van der Waals surface area contributed by atoms with Gasteiger partial charge in [-0.05, 0) is 53.9 Å². The van der Waals surface area contributed by atoms with E-state index in [4.69, 9.17) is 0 Å². The Bertz CT molecular complexity index is 1370. The highest BCUT2D eigenvalue weighted by Gasteiger charge is 2.38. The lowest BCUT2D eigenvalue weighted by atomic mass is 9.98. The summed E-state index contributed by atoms with van der Waals surface area (Å²) in [5, 5.41) is 3.66. The van der Waals surface area contributed by atoms with Gasteiger partial charge in [0.1, 0.15) is 0 Å². The number of alkyl halides is 6. The summed E-state index contributed by atoms with van der Waals surface area (Å²) >= 11 is 0. The molecule has 36 heavy (non-hydrogen) atoms. The zero-order valence-electron chi connectivity index (χ0n) is 18.5. The van der Waals surface area contributed by atoms with Crippen LogP contribution in [0.3, 0.4) is 0 Å². The number of hydrogen-bond acceptors (Lipinski definition) is 3. The Hall–Kier alpha value is -3.12. The highest BCUT2D eigenvalue weighted by molar-refractivity contribution is 7.89. The minimum Gasteiger partial charge on any atom is -0.326 e. The van der Waals surface area contributed by atoms with Crippen LogP contribution in [0.5, 0.6) is 0 Å². The van der Waals surface area contributed by atoms with Crippen LogP contribution in [0.25, 0.3) is 10.8 Å². The van der Waals surface area contributed by atoms with E-state index in [1.165, 1.54) is 12.1 Å². The van der Waals surface area contributed by atoms with E-state index in [1.807, 2.05) is 12.1 Å². The van der Waals surface area contributed by atoms with Crippen LogP contribution in [0.1, 0.15) is 24.0 Å². The Morgan fingerprint density at radius 2 is 1.47 bits per heavy atom. The molecule has 1 aliphatic rings. The van der Waals surface area contributed by atoms with E-state index >= 15 is 0 Å². The largest absolute Gasteiger partial charge is 0.416 e. The number of anilines is 1. The normalized spacial score (nSPS) is 17.8. The van der Waals surface area contributed by atoms with E-state index in [2.05, 4.69) is 5.32 Å². The molecular formula is C24H20F6N2O3S. The van der Waals surface area contributed by atoms with Crippen molar-refractivity contribution >= 4 is 32.4 Å². The second kappa shape index (κ2) is 9.40. The van der Waals surface area contributed by atoms with E-state index in [1.54, 1.807) is 18.2 Å². The third-order valence-corrected chi connectivity index (χ3v) is 7.83. The summed E-state index contributed by atoms with van der Waals surface area (Å²) in [5.74, 6) is -1.82. The van der Waals surface area contributed by atoms with Crippen molar-refractivity contribution in [3.63, 3.8) is 0 Å². The van der Waals surface area contributed by atoms with Gasteiger partial charge in [0.25, 0.3) is 0 Å². The number of carbonyl (C=O) groups excluding carboxylic acids is 1. The summed E-state index contributed by atoms with van der Waals surface area (Å²) in [6.07, 6.45) is -9.60. The molecule has 192 valence electrons. The second-order valence-electron chi connectivity index (χ2n) is 8.49. The maximum atomic E-state index is 13.2. The Morgan fingerprint density at radius 1 is 0.861 bits per heavy atom. The Kier molecular flexibility index (Phi) is 6.78. The van der Waals surface area contributed by atoms with Crippen LogP contribution in [-0.2, 0) is 27.2 Å². The van der Waals surface area contributed by atoms with Gasteiger partial charge in [-0.25, -0.2) is 8.42 Å². The number of piperidine rings is 1. The van der Waals surface area contributed by atoms with Gasteiger partial charge in [-0.3, -0.25) is 4.79 Å². The van der Waals surface area contributed by atoms with Gasteiger partial charge in [0.05, 0.1) is 21.9 Å². The van der Waals surface area contributed by atoms with Crippen LogP contribution in [0.4, 0.5) is 32.0 Å². The number of nitrogens with zero attached hydrogens (tertiary/aromatic N) is 1. The number of halogens is 6. The van der Waals surface area contributed by atoms with Crippen molar-refractivity contribution in [3.05, 3.63) is 71.8 Å². The summed E-state index contributed by atoms with van der Waals surface area (Å²) in [5.41, 5.74) is -3.79. The summed E-state index contributed by atoms with van der Waals surface area (Å²) in [6, 6.07) is 12.6. The van der Waals surface area contributed by atoms with Gasteiger partial charge < -0.3 is 5.32 Å². The number of sulfonamides is 1. The number of hydrogen-bond donors (Lipinski definition) is 1. The summed E-state index contributed by atoms with van der Waals surface area (Å²) in [6.45, 7) is -0.132. The lowest BCUT2D eigenvalue weighted by molar-refractivity contribution is -0.143. The predicted molar refractivity (Wildman–Crippen MR) is 121 cm³/mol. The van der Waals surface area contributed by atoms with E-state index in [9.17, 15) is 39.6 Å². The predicted octanol–water partition coefficient (Wildman–Crippen LogP) is 5.92. The van der Waals surface area contributed by atoms with Crippen LogP contribution in [0, 0.1) is 5.92 Å². The molecule has 0 aliphatic carbocycles. The SMILES string of the molecule is O=C(Nc1cc(C(F)(F)F)cc(C(F)(F)F)c1)[C@@H]1CCCN(S(=O)(=O)c2ccc3ccccc3c2)C1. The fourth-order valence-electron chi connectivity index (χ4n) is 4.12. The number of benzene rings is 3. The monoisotopic (exact) mass is 530 g/mol. The quantitative estimate of drug-likeness (QED) is 0.426. The van der Waals surface area contributed by atoms with Crippen LogP contribution < -0.4 is 5.32 Å². The molecule has 3 aromatic rings. The first-order valence-electron chi connectivity index (χ1n) is 10.8. The van der Waals surface area contributed by atoms with E-state index in [0.717, 1.165) is 9.69 Å². The van der Waals surface area contributed by atoms with Gasteiger partial charge in [-0.2, -0.15) is 30.6 Å². The molecule has 0 saturated carbocycles. The van der Waals surface area contributed by atoms with Crippen LogP contribution in [-0.4, -0.2) is 31.7 Å². The van der Waals surface area contributed by atoms with Crippen molar-refractivity contribution < 1.29 is 39.6 Å². The first-order chi connectivity index (χ1) is 16.7. The van der Waals surface area contributed by atoms with Gasteiger partial charge in [-0.1, -0.05) is 30.3 Å². The fraction of sp³-hybridized carbons (Fsp3) is 0.292. The van der Waals surface area contributed by atoms with Crippen LogP contribution in [0.15, 0.2) is 65.6 Å². The topological polar surface area (TPSA) is 66.5 Å². The van der Waals surface area contributed by atoms with Crippen molar-refractivity contribution in [2.45, 2.75) is 30.1 Å². The molecule has 0 spiro atoms. The first-order valence-corrected chi connectivity index (χ1v) is 12.3. The summed E-state index contributed by atoms with van der Waals surface area (Å²) in [7, 11) is -3.99. The minimum absolute atomic E-state index is 0.0231. The molecular weight excluding hydrogens is 510 g/mol. The zero-order valence-corrected chi connectivity index (χ0v) is 19.3. The van der Waals surface area contributed by atoms with Crippen LogP contribution in [0.2, 0.25) is 0 Å². The average molecular weight is 530 g/mol. The number of rotatable bonds is 4. The summed E-state index contributed by atoms with van der Waals surface area (Å²) in [4.78, 5) is 12.8. The second-order valence-corrected chi connectivity index (χ2v) is 10.4. The number of fused-ring (bicyclic) bond motifs is 1. The van der Waals surface area contributed by atoms with Gasteiger partial charge >= 0.3 is 12.4 Å². The molecule has 0 unspecified atom stereocenters. The maximum Gasteiger partial charge on any atom is 0.416 e. The lowest BCUT2D eigenvalue weighted by Gasteiger charge is -2.31. The molecule has 3 aromatic carbocycles. The molecule has 12 heteroatoms. The molecule has 1 fully saturated rings. The molecule has 1 atom stereocenters. The lowest BCUT2D eigenvalue weighted by Crippen LogP contribution is -2.43. The molecule has 1 N–H and O–H groups in total. The van der Waals surface area contributed by atoms with Crippen molar-refractivity contribution in [3.8, 4) is 0 Å². The molecule has 0 bridgehead atoms. The van der Waals surface area contributed by atoms with Gasteiger partial charge in [0.2, 0.25) is 15.9 Å². The minimum atomic E-state index is -5.06. The van der Waals surface area contributed by atoms with Gasteiger partial charge in [0, 0.05) is 18.8 Å². The number of nitrogens with one attached hydrogen (secondary N) is 1. The zero-order chi connectivity index (χ0) is 26.3. The smallest absolute Gasteiger partial charge is 0.326 e. The Morgan fingerprint density at radius 3 is 2.08 bits per heavy atom. The van der Waals surface area contributed by atoms with Gasteiger partial charge in [-0.15, -0.1) is 0 Å². The van der Waals surface area contributed by atoms with Crippen molar-refractivity contribution in [2.24, 2.45) is 5.92 Å². The average Bonchev–Trinajstić information content (AvgIpc) is 2.82. The molecule has 5 nitrogen and oxygen atoms in total. The summed E-state index contributed by atoms with van der Waals surface area (Å²) < 4.78 is 106. The van der Waals surface area contributed by atoms with Crippen molar-refractivity contribution in [1.82, 2.24) is 4.31 Å². The molecule has 1 amide bonds. The standard InChI is InChI=1S/C24H20F6N2O3S/c25-23(26,27)18-11-19(24(28,29)30)13-20(12-18)31-22(33)17-6-3-9-32(14-17)36(34,35)21-8-7-15-4-1-2-5-16(15)10-21/h1-2,4-5,7-8,10-13,17H,3,6,9,14H2,(H,31,33)/t17-/m1/s1. The van der Waals surface area contributed by atoms with E-state index in [0.29, 0.717) is 23.9 Å². The Balaban J connectivity index is 1.55. The third kappa shape index (κ3) is 5.49. The molecule has 4 rings (SSSR count). The molecule has 1 heterocycles. The van der Waals surface area contributed by atoms with Crippen molar-refractivity contribution in [2.75, 3.05) is 18.4 Å².